The summed E-state index contributed by atoms with van der Waals surface area (Å²) in [4.78, 5) is 2.82. The van der Waals surface area contributed by atoms with Crippen molar-refractivity contribution in [1.82, 2.24) is 10.2 Å². The van der Waals surface area contributed by atoms with E-state index in [4.69, 9.17) is 0 Å². The van der Waals surface area contributed by atoms with Gasteiger partial charge in [-0.15, -0.1) is 0 Å². The fourth-order valence-corrected chi connectivity index (χ4v) is 4.10. The summed E-state index contributed by atoms with van der Waals surface area (Å²) in [6.07, 6.45) is 9.84. The lowest BCUT2D eigenvalue weighted by Crippen LogP contribution is -2.49. The van der Waals surface area contributed by atoms with Crippen LogP contribution in [0.15, 0.2) is 0 Å². The molecule has 19 heavy (non-hydrogen) atoms. The van der Waals surface area contributed by atoms with Crippen LogP contribution in [0.1, 0.15) is 65.7 Å². The van der Waals surface area contributed by atoms with Crippen LogP contribution in [0.5, 0.6) is 0 Å². The van der Waals surface area contributed by atoms with Crippen LogP contribution < -0.4 is 5.32 Å². The van der Waals surface area contributed by atoms with Gasteiger partial charge in [-0.3, -0.25) is 4.90 Å². The van der Waals surface area contributed by atoms with Gasteiger partial charge in [0.05, 0.1) is 0 Å². The molecule has 1 N–H and O–H groups in total. The monoisotopic (exact) mass is 266 g/mol. The lowest BCUT2D eigenvalue weighted by molar-refractivity contribution is 0.0516. The van der Waals surface area contributed by atoms with Crippen molar-refractivity contribution >= 4 is 0 Å². The SMILES string of the molecule is CCCC1CCCCN1CC(C)(C)C1CCCNC1. The highest BCUT2D eigenvalue weighted by Crippen LogP contribution is 2.34. The molecule has 0 saturated carbocycles. The third-order valence-electron chi connectivity index (χ3n) is 5.38. The van der Waals surface area contributed by atoms with Gasteiger partial charge in [-0.1, -0.05) is 33.6 Å². The van der Waals surface area contributed by atoms with Gasteiger partial charge in [-0.25, -0.2) is 0 Å². The molecule has 0 radical (unpaired) electrons. The third kappa shape index (κ3) is 4.19. The van der Waals surface area contributed by atoms with E-state index in [0.29, 0.717) is 5.41 Å². The predicted octanol–water partition coefficient (Wildman–Crippen LogP) is 3.67. The number of nitrogens with zero attached hydrogens (tertiary/aromatic N) is 1. The minimum Gasteiger partial charge on any atom is -0.316 e. The van der Waals surface area contributed by atoms with Crippen LogP contribution >= 0.6 is 0 Å². The molecule has 2 saturated heterocycles. The zero-order chi connectivity index (χ0) is 13.7. The first kappa shape index (κ1) is 15.3. The summed E-state index contributed by atoms with van der Waals surface area (Å²) in [5.74, 6) is 0.866. The van der Waals surface area contributed by atoms with Crippen LogP contribution in [0, 0.1) is 11.3 Å². The van der Waals surface area contributed by atoms with E-state index < -0.39 is 0 Å². The van der Waals surface area contributed by atoms with Crippen LogP contribution in [-0.4, -0.2) is 37.1 Å². The molecule has 2 fully saturated rings. The first-order valence-electron chi connectivity index (χ1n) is 8.58. The Labute approximate surface area is 120 Å². The van der Waals surface area contributed by atoms with Crippen LogP contribution in [0.4, 0.5) is 0 Å². The Morgan fingerprint density at radius 1 is 1.16 bits per heavy atom. The molecule has 2 aliphatic heterocycles. The number of likely N-dealkylation sites (tertiary alicyclic amines) is 1. The smallest absolute Gasteiger partial charge is 0.00953 e. The quantitative estimate of drug-likeness (QED) is 0.817. The van der Waals surface area contributed by atoms with Gasteiger partial charge in [0, 0.05) is 12.6 Å². The van der Waals surface area contributed by atoms with Crippen molar-refractivity contribution < 1.29 is 0 Å². The summed E-state index contributed by atoms with van der Waals surface area (Å²) < 4.78 is 0. The molecule has 2 atom stereocenters. The first-order valence-corrected chi connectivity index (χ1v) is 8.58. The van der Waals surface area contributed by atoms with Crippen LogP contribution in [0.2, 0.25) is 0 Å². The molecular weight excluding hydrogens is 232 g/mol. The number of hydrogen-bond donors (Lipinski definition) is 1. The summed E-state index contributed by atoms with van der Waals surface area (Å²) in [5.41, 5.74) is 0.469. The van der Waals surface area contributed by atoms with E-state index >= 15 is 0 Å². The van der Waals surface area contributed by atoms with E-state index in [1.165, 1.54) is 71.1 Å². The van der Waals surface area contributed by atoms with Gasteiger partial charge in [0.25, 0.3) is 0 Å². The maximum atomic E-state index is 3.60. The maximum Gasteiger partial charge on any atom is 0.00953 e. The molecule has 0 bridgehead atoms. The largest absolute Gasteiger partial charge is 0.316 e. The second kappa shape index (κ2) is 7.08. The molecule has 2 rings (SSSR count). The molecule has 0 aromatic rings. The molecule has 2 nitrogen and oxygen atoms in total. The molecule has 2 aliphatic rings. The van der Waals surface area contributed by atoms with E-state index in [-0.39, 0.29) is 0 Å². The predicted molar refractivity (Wildman–Crippen MR) is 83.5 cm³/mol. The minimum atomic E-state index is 0.469. The molecule has 112 valence electrons. The normalized spacial score (nSPS) is 30.5. The highest BCUT2D eigenvalue weighted by atomic mass is 15.2. The molecule has 0 aromatic heterocycles. The number of rotatable bonds is 5. The fourth-order valence-electron chi connectivity index (χ4n) is 4.10. The van der Waals surface area contributed by atoms with E-state index in [1.54, 1.807) is 0 Å². The molecule has 2 heterocycles. The minimum absolute atomic E-state index is 0.469. The lowest BCUT2D eigenvalue weighted by atomic mass is 9.74. The zero-order valence-corrected chi connectivity index (χ0v) is 13.4. The van der Waals surface area contributed by atoms with Crippen molar-refractivity contribution in [1.29, 1.82) is 0 Å². The van der Waals surface area contributed by atoms with Gasteiger partial charge < -0.3 is 5.32 Å². The average molecular weight is 266 g/mol. The van der Waals surface area contributed by atoms with Gasteiger partial charge in [-0.2, -0.15) is 0 Å². The van der Waals surface area contributed by atoms with Crippen LogP contribution in [0.3, 0.4) is 0 Å². The van der Waals surface area contributed by atoms with Gasteiger partial charge in [0.1, 0.15) is 0 Å². The van der Waals surface area contributed by atoms with Gasteiger partial charge >= 0.3 is 0 Å². The number of hydrogen-bond acceptors (Lipinski definition) is 2. The second-order valence-electron chi connectivity index (χ2n) is 7.44. The van der Waals surface area contributed by atoms with Crippen molar-refractivity contribution in [3.05, 3.63) is 0 Å². The van der Waals surface area contributed by atoms with E-state index in [2.05, 4.69) is 31.0 Å². The maximum absolute atomic E-state index is 3.60. The van der Waals surface area contributed by atoms with Crippen molar-refractivity contribution in [2.24, 2.45) is 11.3 Å². The molecule has 0 spiro atoms. The fraction of sp³-hybridized carbons (Fsp3) is 1.00. The summed E-state index contributed by atoms with van der Waals surface area (Å²) in [7, 11) is 0. The summed E-state index contributed by atoms with van der Waals surface area (Å²) in [5, 5.41) is 3.60. The standard InChI is InChI=1S/C17H34N2/c1-4-8-16-10-5-6-12-19(16)14-17(2,3)15-9-7-11-18-13-15/h15-16,18H,4-14H2,1-3H3. The zero-order valence-electron chi connectivity index (χ0n) is 13.4. The molecule has 0 aromatic carbocycles. The van der Waals surface area contributed by atoms with Crippen molar-refractivity contribution in [3.63, 3.8) is 0 Å². The van der Waals surface area contributed by atoms with Crippen LogP contribution in [0.25, 0.3) is 0 Å². The highest BCUT2D eigenvalue weighted by molar-refractivity contribution is 4.88. The Morgan fingerprint density at radius 3 is 2.68 bits per heavy atom. The highest BCUT2D eigenvalue weighted by Gasteiger charge is 2.34. The Morgan fingerprint density at radius 2 is 2.00 bits per heavy atom. The first-order chi connectivity index (χ1) is 9.13. The Hall–Kier alpha value is -0.0800. The molecule has 2 heteroatoms. The third-order valence-corrected chi connectivity index (χ3v) is 5.38. The lowest BCUT2D eigenvalue weighted by Gasteiger charge is -2.45. The molecule has 2 unspecified atom stereocenters. The van der Waals surface area contributed by atoms with E-state index in [1.807, 2.05) is 0 Å². The Bertz CT molecular complexity index is 254. The molecule has 0 amide bonds. The van der Waals surface area contributed by atoms with Crippen molar-refractivity contribution in [2.45, 2.75) is 71.8 Å². The van der Waals surface area contributed by atoms with Gasteiger partial charge in [0.2, 0.25) is 0 Å². The number of piperidine rings is 2. The van der Waals surface area contributed by atoms with Gasteiger partial charge in [0.15, 0.2) is 0 Å². The summed E-state index contributed by atoms with van der Waals surface area (Å²) in [6, 6.07) is 0.870. The Balaban J connectivity index is 1.92. The number of nitrogens with one attached hydrogen (secondary N) is 1. The second-order valence-corrected chi connectivity index (χ2v) is 7.44. The van der Waals surface area contributed by atoms with Crippen molar-refractivity contribution in [2.75, 3.05) is 26.2 Å². The van der Waals surface area contributed by atoms with E-state index in [0.717, 1.165) is 12.0 Å². The van der Waals surface area contributed by atoms with Crippen molar-refractivity contribution in [3.8, 4) is 0 Å². The van der Waals surface area contributed by atoms with Crippen LogP contribution in [-0.2, 0) is 0 Å². The topological polar surface area (TPSA) is 15.3 Å². The average Bonchev–Trinajstić information content (AvgIpc) is 2.42. The van der Waals surface area contributed by atoms with Gasteiger partial charge in [-0.05, 0) is 63.1 Å². The summed E-state index contributed by atoms with van der Waals surface area (Å²) >= 11 is 0. The molecule has 0 aliphatic carbocycles. The van der Waals surface area contributed by atoms with E-state index in [9.17, 15) is 0 Å². The molecular formula is C17H34N2. The summed E-state index contributed by atoms with van der Waals surface area (Å²) in [6.45, 7) is 12.5. The Kier molecular flexibility index (Phi) is 5.70.